The van der Waals surface area contributed by atoms with Crippen LogP contribution in [0.1, 0.15) is 35.6 Å². The van der Waals surface area contributed by atoms with Gasteiger partial charge in [0, 0.05) is 34.7 Å². The lowest BCUT2D eigenvalue weighted by molar-refractivity contribution is -0.122. The molecule has 0 aromatic heterocycles. The summed E-state index contributed by atoms with van der Waals surface area (Å²) in [6.45, 7) is 2.76. The summed E-state index contributed by atoms with van der Waals surface area (Å²) in [7, 11) is 0. The van der Waals surface area contributed by atoms with Crippen LogP contribution in [0.3, 0.4) is 0 Å². The average molecular weight is 420 g/mol. The smallest absolute Gasteiger partial charge is 0.290 e. The van der Waals surface area contributed by atoms with E-state index in [4.69, 9.17) is 37.8 Å². The van der Waals surface area contributed by atoms with Gasteiger partial charge in [-0.3, -0.25) is 9.69 Å². The fraction of sp³-hybridized carbons (Fsp3) is 0.409. The number of hydrogen-bond acceptors (Lipinski definition) is 3. The molecule has 3 atom stereocenters. The van der Waals surface area contributed by atoms with Crippen molar-refractivity contribution in [3.63, 3.8) is 0 Å². The number of rotatable bonds is 4. The highest BCUT2D eigenvalue weighted by molar-refractivity contribution is 6.35. The molecule has 0 spiro atoms. The van der Waals surface area contributed by atoms with Crippen LogP contribution in [-0.4, -0.2) is 29.6 Å². The average Bonchev–Trinajstić information content (AvgIpc) is 3.10. The zero-order chi connectivity index (χ0) is 19.7. The topological polar surface area (TPSA) is 49.8 Å². The molecule has 1 saturated heterocycles. The van der Waals surface area contributed by atoms with E-state index in [2.05, 4.69) is 23.1 Å². The first-order valence-electron chi connectivity index (χ1n) is 9.61. The molecule has 0 amide bonds. The molecule has 2 aromatic rings. The molecule has 3 aliphatic rings. The third-order valence-electron chi connectivity index (χ3n) is 6.05. The van der Waals surface area contributed by atoms with Crippen molar-refractivity contribution in [1.82, 2.24) is 4.90 Å². The highest BCUT2D eigenvalue weighted by Gasteiger charge is 2.47. The van der Waals surface area contributed by atoms with Crippen LogP contribution >= 0.6 is 23.2 Å². The summed E-state index contributed by atoms with van der Waals surface area (Å²) in [5, 5.41) is 8.20. The molecule has 1 aliphatic heterocycles. The Bertz CT molecular complexity index is 843. The Hall–Kier alpha value is -1.75. The lowest BCUT2D eigenvalue weighted by Gasteiger charge is -2.26. The molecule has 6 heteroatoms. The number of likely N-dealkylation sites (tertiary alicyclic amines) is 1. The Morgan fingerprint density at radius 2 is 1.82 bits per heavy atom. The van der Waals surface area contributed by atoms with Gasteiger partial charge in [0.1, 0.15) is 12.4 Å². The lowest BCUT2D eigenvalue weighted by Crippen LogP contribution is -2.26. The van der Waals surface area contributed by atoms with Gasteiger partial charge >= 0.3 is 0 Å². The van der Waals surface area contributed by atoms with Gasteiger partial charge in [0.25, 0.3) is 6.47 Å². The largest absolute Gasteiger partial charge is 0.489 e. The summed E-state index contributed by atoms with van der Waals surface area (Å²) in [6.07, 6.45) is 3.86. The van der Waals surface area contributed by atoms with Crippen molar-refractivity contribution in [3.8, 4) is 5.75 Å². The molecule has 3 unspecified atom stereocenters. The van der Waals surface area contributed by atoms with Crippen molar-refractivity contribution in [2.75, 3.05) is 13.1 Å². The Labute approximate surface area is 175 Å². The summed E-state index contributed by atoms with van der Waals surface area (Å²) in [6, 6.07) is 12.7. The number of piperidine rings is 1. The Balaban J connectivity index is 0.000000604. The van der Waals surface area contributed by atoms with Gasteiger partial charge in [-0.25, -0.2) is 0 Å². The third kappa shape index (κ3) is 4.00. The molecule has 1 saturated carbocycles. The van der Waals surface area contributed by atoms with E-state index in [0.717, 1.165) is 29.6 Å². The van der Waals surface area contributed by atoms with Crippen molar-refractivity contribution in [3.05, 3.63) is 63.1 Å². The molecule has 2 aromatic carbocycles. The molecule has 2 fully saturated rings. The van der Waals surface area contributed by atoms with Gasteiger partial charge in [0.05, 0.1) is 0 Å². The minimum absolute atomic E-state index is 0.250. The van der Waals surface area contributed by atoms with Crippen molar-refractivity contribution in [1.29, 1.82) is 0 Å². The number of carbonyl (C=O) groups is 1. The molecule has 148 valence electrons. The molecule has 2 aliphatic carbocycles. The first kappa shape index (κ1) is 19.6. The molecule has 28 heavy (non-hydrogen) atoms. The minimum Gasteiger partial charge on any atom is -0.489 e. The van der Waals surface area contributed by atoms with E-state index >= 15 is 0 Å². The maximum Gasteiger partial charge on any atom is 0.290 e. The Morgan fingerprint density at radius 1 is 1.14 bits per heavy atom. The second-order valence-corrected chi connectivity index (χ2v) is 8.53. The fourth-order valence-electron chi connectivity index (χ4n) is 4.56. The van der Waals surface area contributed by atoms with Gasteiger partial charge in [-0.2, -0.15) is 0 Å². The van der Waals surface area contributed by atoms with Gasteiger partial charge in [-0.15, -0.1) is 0 Å². The number of halogens is 2. The monoisotopic (exact) mass is 419 g/mol. The van der Waals surface area contributed by atoms with E-state index in [0.29, 0.717) is 22.7 Å². The number of nitrogens with zero attached hydrogens (tertiary/aromatic N) is 1. The normalized spacial score (nSPS) is 24.7. The zero-order valence-electron chi connectivity index (χ0n) is 15.5. The van der Waals surface area contributed by atoms with Crippen LogP contribution in [-0.2, 0) is 17.8 Å². The minimum atomic E-state index is -0.250. The molecule has 1 N–H and O–H groups in total. The van der Waals surface area contributed by atoms with Crippen LogP contribution in [0.15, 0.2) is 36.4 Å². The van der Waals surface area contributed by atoms with Crippen LogP contribution in [0.2, 0.25) is 10.0 Å². The van der Waals surface area contributed by atoms with Crippen LogP contribution in [0.25, 0.3) is 0 Å². The van der Waals surface area contributed by atoms with Crippen molar-refractivity contribution in [2.24, 2.45) is 11.8 Å². The Morgan fingerprint density at radius 3 is 2.50 bits per heavy atom. The molecule has 0 radical (unpaired) electrons. The van der Waals surface area contributed by atoms with Crippen LogP contribution in [0.5, 0.6) is 5.75 Å². The summed E-state index contributed by atoms with van der Waals surface area (Å²) in [5.41, 5.74) is 3.79. The van der Waals surface area contributed by atoms with E-state index in [-0.39, 0.29) is 6.47 Å². The molecular weight excluding hydrogens is 397 g/mol. The number of aryl methyl sites for hydroxylation is 1. The van der Waals surface area contributed by atoms with Gasteiger partial charge in [0.2, 0.25) is 0 Å². The van der Waals surface area contributed by atoms with Gasteiger partial charge in [-0.05, 0) is 66.5 Å². The van der Waals surface area contributed by atoms with Crippen molar-refractivity contribution < 1.29 is 14.6 Å². The SMILES string of the molecule is Clc1cccc(Cl)c1COc1ccc2c(c1)CCC2N1CC2CC2C1.O=CO. The highest BCUT2D eigenvalue weighted by Crippen LogP contribution is 2.49. The second-order valence-electron chi connectivity index (χ2n) is 7.72. The van der Waals surface area contributed by atoms with Gasteiger partial charge in [-0.1, -0.05) is 35.3 Å². The van der Waals surface area contributed by atoms with E-state index < -0.39 is 0 Å². The summed E-state index contributed by atoms with van der Waals surface area (Å²) < 4.78 is 5.98. The standard InChI is InChI=1S/C21H21Cl2NO.CH2O2/c22-19-2-1-3-20(23)18(19)12-25-16-5-6-17-13(9-16)4-7-21(17)24-10-14-8-15(14)11-24;2-1-3/h1-3,5-6,9,14-15,21H,4,7-8,10-12H2;1H,(H,2,3). The van der Waals surface area contributed by atoms with Crippen LogP contribution in [0.4, 0.5) is 0 Å². The number of benzene rings is 2. The second kappa shape index (κ2) is 8.32. The highest BCUT2D eigenvalue weighted by atomic mass is 35.5. The first-order valence-corrected chi connectivity index (χ1v) is 10.4. The molecule has 1 heterocycles. The Kier molecular flexibility index (Phi) is 5.81. The zero-order valence-corrected chi connectivity index (χ0v) is 17.0. The summed E-state index contributed by atoms with van der Waals surface area (Å²) >= 11 is 12.5. The van der Waals surface area contributed by atoms with Crippen LogP contribution < -0.4 is 4.74 Å². The fourth-order valence-corrected chi connectivity index (χ4v) is 5.06. The van der Waals surface area contributed by atoms with Gasteiger partial charge in [0.15, 0.2) is 0 Å². The summed E-state index contributed by atoms with van der Waals surface area (Å²) in [5.74, 6) is 2.89. The maximum atomic E-state index is 8.36. The number of fused-ring (bicyclic) bond motifs is 2. The number of carboxylic acid groups (broad SMARTS) is 1. The third-order valence-corrected chi connectivity index (χ3v) is 6.76. The molecule has 0 bridgehead atoms. The van der Waals surface area contributed by atoms with E-state index in [1.807, 2.05) is 18.2 Å². The van der Waals surface area contributed by atoms with E-state index in [1.54, 1.807) is 0 Å². The maximum absolute atomic E-state index is 8.36. The molecule has 4 nitrogen and oxygen atoms in total. The van der Waals surface area contributed by atoms with Crippen molar-refractivity contribution >= 4 is 29.7 Å². The van der Waals surface area contributed by atoms with Gasteiger partial charge < -0.3 is 9.84 Å². The van der Waals surface area contributed by atoms with E-state index in [1.165, 1.54) is 37.1 Å². The number of hydrogen-bond donors (Lipinski definition) is 1. The first-order chi connectivity index (χ1) is 13.6. The quantitative estimate of drug-likeness (QED) is 0.690. The summed E-state index contributed by atoms with van der Waals surface area (Å²) in [4.78, 5) is 11.1. The molecule has 5 rings (SSSR count). The van der Waals surface area contributed by atoms with Crippen LogP contribution in [0, 0.1) is 11.8 Å². The molecular formula is C22H23Cl2NO3. The van der Waals surface area contributed by atoms with E-state index in [9.17, 15) is 0 Å². The number of ether oxygens (including phenoxy) is 1. The van der Waals surface area contributed by atoms with Crippen molar-refractivity contribution in [2.45, 2.75) is 31.9 Å². The lowest BCUT2D eigenvalue weighted by atomic mass is 10.1. The predicted octanol–water partition coefficient (Wildman–Crippen LogP) is 5.21. The predicted molar refractivity (Wildman–Crippen MR) is 110 cm³/mol.